The molecule has 0 aliphatic carbocycles. The number of methoxy groups -OCH3 is 1. The normalized spacial score (nSPS) is 16.4. The zero-order chi connectivity index (χ0) is 19.4. The SMILES string of the molecule is CCOC(=O)C1=C(c2ccc(OC)cc2)NC(=O)N[C@@H]1c1ccc(Cl)cc1. The molecule has 2 amide bonds. The number of urea groups is 1. The molecule has 3 rings (SSSR count). The van der Waals surface area contributed by atoms with Gasteiger partial charge in [-0.1, -0.05) is 23.7 Å². The van der Waals surface area contributed by atoms with Crippen molar-refractivity contribution in [2.75, 3.05) is 13.7 Å². The van der Waals surface area contributed by atoms with Crippen molar-refractivity contribution in [1.82, 2.24) is 10.6 Å². The van der Waals surface area contributed by atoms with Gasteiger partial charge in [-0.25, -0.2) is 9.59 Å². The van der Waals surface area contributed by atoms with E-state index in [1.807, 2.05) is 0 Å². The lowest BCUT2D eigenvalue weighted by Crippen LogP contribution is -2.45. The highest BCUT2D eigenvalue weighted by Crippen LogP contribution is 2.33. The van der Waals surface area contributed by atoms with Gasteiger partial charge in [0.25, 0.3) is 0 Å². The van der Waals surface area contributed by atoms with Crippen molar-refractivity contribution in [3.8, 4) is 5.75 Å². The number of hydrogen-bond donors (Lipinski definition) is 2. The van der Waals surface area contributed by atoms with Gasteiger partial charge in [-0.15, -0.1) is 0 Å². The maximum Gasteiger partial charge on any atom is 0.338 e. The van der Waals surface area contributed by atoms with Gasteiger partial charge >= 0.3 is 12.0 Å². The third kappa shape index (κ3) is 4.06. The number of carbonyl (C=O) groups is 2. The molecule has 2 N–H and O–H groups in total. The first-order valence-corrected chi connectivity index (χ1v) is 8.80. The average Bonchev–Trinajstić information content (AvgIpc) is 2.68. The van der Waals surface area contributed by atoms with E-state index >= 15 is 0 Å². The van der Waals surface area contributed by atoms with Crippen LogP contribution in [0.3, 0.4) is 0 Å². The predicted molar refractivity (Wildman–Crippen MR) is 102 cm³/mol. The average molecular weight is 387 g/mol. The van der Waals surface area contributed by atoms with Crippen LogP contribution in [-0.2, 0) is 9.53 Å². The molecule has 0 saturated heterocycles. The first-order valence-electron chi connectivity index (χ1n) is 8.42. The Hall–Kier alpha value is -2.99. The third-order valence-corrected chi connectivity index (χ3v) is 4.40. The number of hydrogen-bond acceptors (Lipinski definition) is 4. The number of amides is 2. The van der Waals surface area contributed by atoms with Crippen molar-refractivity contribution in [3.63, 3.8) is 0 Å². The Bertz CT molecular complexity index is 876. The summed E-state index contributed by atoms with van der Waals surface area (Å²) in [5.41, 5.74) is 2.12. The van der Waals surface area contributed by atoms with Gasteiger partial charge in [0.05, 0.1) is 31.0 Å². The molecular weight excluding hydrogens is 368 g/mol. The molecule has 0 fully saturated rings. The van der Waals surface area contributed by atoms with E-state index < -0.39 is 18.0 Å². The molecule has 1 atom stereocenters. The topological polar surface area (TPSA) is 76.7 Å². The first-order chi connectivity index (χ1) is 13.0. The van der Waals surface area contributed by atoms with Crippen LogP contribution in [0.4, 0.5) is 4.79 Å². The monoisotopic (exact) mass is 386 g/mol. The van der Waals surface area contributed by atoms with E-state index in [1.54, 1.807) is 62.6 Å². The predicted octanol–water partition coefficient (Wildman–Crippen LogP) is 3.68. The maximum atomic E-state index is 12.7. The fraction of sp³-hybridized carbons (Fsp3) is 0.200. The highest BCUT2D eigenvalue weighted by atomic mass is 35.5. The summed E-state index contributed by atoms with van der Waals surface area (Å²) in [7, 11) is 1.57. The molecule has 2 aromatic carbocycles. The fourth-order valence-corrected chi connectivity index (χ4v) is 3.01. The van der Waals surface area contributed by atoms with E-state index in [1.165, 1.54) is 0 Å². The zero-order valence-corrected chi connectivity index (χ0v) is 15.7. The number of carbonyl (C=O) groups excluding carboxylic acids is 2. The van der Waals surface area contributed by atoms with Crippen LogP contribution < -0.4 is 15.4 Å². The van der Waals surface area contributed by atoms with Crippen molar-refractivity contribution >= 4 is 29.3 Å². The fourth-order valence-electron chi connectivity index (χ4n) is 2.88. The Labute approximate surface area is 162 Å². The Morgan fingerprint density at radius 2 is 1.78 bits per heavy atom. The van der Waals surface area contributed by atoms with Crippen molar-refractivity contribution in [2.45, 2.75) is 13.0 Å². The minimum Gasteiger partial charge on any atom is -0.497 e. The number of rotatable bonds is 5. The molecule has 2 aromatic rings. The van der Waals surface area contributed by atoms with Crippen LogP contribution in [0.25, 0.3) is 5.70 Å². The van der Waals surface area contributed by atoms with Gasteiger partial charge in [0.2, 0.25) is 0 Å². The number of nitrogens with one attached hydrogen (secondary N) is 2. The molecular formula is C20H19ClN2O4. The van der Waals surface area contributed by atoms with Crippen LogP contribution in [0.1, 0.15) is 24.1 Å². The van der Waals surface area contributed by atoms with Crippen LogP contribution >= 0.6 is 11.6 Å². The molecule has 0 aromatic heterocycles. The Morgan fingerprint density at radius 3 is 2.37 bits per heavy atom. The summed E-state index contributed by atoms with van der Waals surface area (Å²) in [4.78, 5) is 25.0. The quantitative estimate of drug-likeness (QED) is 0.768. The van der Waals surface area contributed by atoms with Gasteiger partial charge < -0.3 is 20.1 Å². The summed E-state index contributed by atoms with van der Waals surface area (Å²) in [5.74, 6) is 0.169. The summed E-state index contributed by atoms with van der Waals surface area (Å²) in [5, 5.41) is 6.09. The molecule has 7 heteroatoms. The molecule has 0 bridgehead atoms. The second-order valence-electron chi connectivity index (χ2n) is 5.82. The van der Waals surface area contributed by atoms with E-state index in [0.29, 0.717) is 27.6 Å². The molecule has 0 spiro atoms. The second kappa shape index (κ2) is 8.14. The van der Waals surface area contributed by atoms with Crippen LogP contribution in [0.15, 0.2) is 54.1 Å². The van der Waals surface area contributed by atoms with E-state index in [0.717, 1.165) is 5.56 Å². The van der Waals surface area contributed by atoms with E-state index in [9.17, 15) is 9.59 Å². The van der Waals surface area contributed by atoms with Crippen LogP contribution in [0.5, 0.6) is 5.75 Å². The molecule has 0 radical (unpaired) electrons. The highest BCUT2D eigenvalue weighted by molar-refractivity contribution is 6.30. The summed E-state index contributed by atoms with van der Waals surface area (Å²) in [6.07, 6.45) is 0. The zero-order valence-electron chi connectivity index (χ0n) is 14.9. The number of benzene rings is 2. The number of esters is 1. The Balaban J connectivity index is 2.14. The van der Waals surface area contributed by atoms with Crippen LogP contribution in [0, 0.1) is 0 Å². The number of halogens is 1. The van der Waals surface area contributed by atoms with Crippen LogP contribution in [-0.4, -0.2) is 25.7 Å². The summed E-state index contributed by atoms with van der Waals surface area (Å²) in [6.45, 7) is 1.96. The van der Waals surface area contributed by atoms with Gasteiger partial charge in [0.1, 0.15) is 5.75 Å². The largest absolute Gasteiger partial charge is 0.497 e. The van der Waals surface area contributed by atoms with E-state index in [4.69, 9.17) is 21.1 Å². The van der Waals surface area contributed by atoms with Crippen LogP contribution in [0.2, 0.25) is 5.02 Å². The maximum absolute atomic E-state index is 12.7. The Morgan fingerprint density at radius 1 is 1.11 bits per heavy atom. The highest BCUT2D eigenvalue weighted by Gasteiger charge is 2.34. The van der Waals surface area contributed by atoms with Gasteiger partial charge in [0, 0.05) is 5.02 Å². The smallest absolute Gasteiger partial charge is 0.338 e. The van der Waals surface area contributed by atoms with Gasteiger partial charge in [0.15, 0.2) is 0 Å². The third-order valence-electron chi connectivity index (χ3n) is 4.15. The van der Waals surface area contributed by atoms with Crippen molar-refractivity contribution < 1.29 is 19.1 Å². The number of ether oxygens (including phenoxy) is 2. The summed E-state index contributed by atoms with van der Waals surface area (Å²) in [6, 6.07) is 13.0. The van der Waals surface area contributed by atoms with Crippen molar-refractivity contribution in [3.05, 3.63) is 70.3 Å². The lowest BCUT2D eigenvalue weighted by molar-refractivity contribution is -0.138. The van der Waals surface area contributed by atoms with E-state index in [2.05, 4.69) is 10.6 Å². The standard InChI is InChI=1S/C20H19ClN2O4/c1-3-27-19(24)16-17(12-4-8-14(21)9-5-12)22-20(25)23-18(16)13-6-10-15(26-2)11-7-13/h4-11,17H,3H2,1-2H3,(H2,22,23,25)/t17-/m1/s1. The van der Waals surface area contributed by atoms with Gasteiger partial charge in [-0.05, 0) is 54.4 Å². The van der Waals surface area contributed by atoms with Crippen molar-refractivity contribution in [1.29, 1.82) is 0 Å². The molecule has 0 saturated carbocycles. The lowest BCUT2D eigenvalue weighted by atomic mass is 9.92. The van der Waals surface area contributed by atoms with E-state index in [-0.39, 0.29) is 6.61 Å². The lowest BCUT2D eigenvalue weighted by Gasteiger charge is -2.29. The molecule has 6 nitrogen and oxygen atoms in total. The first kappa shape index (κ1) is 18.8. The minimum atomic E-state index is -0.660. The molecule has 27 heavy (non-hydrogen) atoms. The molecule has 140 valence electrons. The summed E-state index contributed by atoms with van der Waals surface area (Å²) < 4.78 is 10.4. The molecule has 1 aliphatic heterocycles. The van der Waals surface area contributed by atoms with Crippen molar-refractivity contribution in [2.24, 2.45) is 0 Å². The van der Waals surface area contributed by atoms with Gasteiger partial charge in [-0.3, -0.25) is 0 Å². The second-order valence-corrected chi connectivity index (χ2v) is 6.26. The Kier molecular flexibility index (Phi) is 5.66. The molecule has 0 unspecified atom stereocenters. The molecule has 1 aliphatic rings. The minimum absolute atomic E-state index is 0.222. The summed E-state index contributed by atoms with van der Waals surface area (Å²) >= 11 is 5.97. The molecule has 1 heterocycles. The van der Waals surface area contributed by atoms with Gasteiger partial charge in [-0.2, -0.15) is 0 Å².